The molecule has 0 aromatic heterocycles. The minimum absolute atomic E-state index is 0.0386. The molecule has 0 spiro atoms. The molecule has 116 valence electrons. The lowest BCUT2D eigenvalue weighted by molar-refractivity contribution is 0.103. The maximum atomic E-state index is 12.6. The first-order valence-electron chi connectivity index (χ1n) is 7.44. The van der Waals surface area contributed by atoms with Gasteiger partial charge in [0.25, 0.3) is 0 Å². The molecule has 0 bridgehead atoms. The zero-order valence-electron chi connectivity index (χ0n) is 13.3. The molecule has 0 unspecified atom stereocenters. The summed E-state index contributed by atoms with van der Waals surface area (Å²) in [6.45, 7) is 5.75. The molecule has 2 aromatic rings. The Morgan fingerprint density at radius 1 is 1.09 bits per heavy atom. The summed E-state index contributed by atoms with van der Waals surface area (Å²) in [5.41, 5.74) is 8.65. The number of methoxy groups -OCH3 is 1. The van der Waals surface area contributed by atoms with Gasteiger partial charge in [-0.25, -0.2) is 0 Å². The highest BCUT2D eigenvalue weighted by molar-refractivity contribution is 6.10. The van der Waals surface area contributed by atoms with Crippen LogP contribution in [0.1, 0.15) is 29.8 Å². The molecule has 0 saturated carbocycles. The summed E-state index contributed by atoms with van der Waals surface area (Å²) in [7, 11) is 1.59. The molecule has 4 heteroatoms. The summed E-state index contributed by atoms with van der Waals surface area (Å²) < 4.78 is 5.42. The standard InChI is InChI=1S/C18H22N2O2/c1-4-20(5-2)16-12-14(11-15(19)18(16)22-3)17(21)13-9-7-6-8-10-13/h6-12H,4-5,19H2,1-3H3. The Morgan fingerprint density at radius 3 is 2.27 bits per heavy atom. The Labute approximate surface area is 131 Å². The van der Waals surface area contributed by atoms with E-state index in [1.54, 1.807) is 25.3 Å². The molecule has 0 aliphatic heterocycles. The second-order valence-corrected chi connectivity index (χ2v) is 4.99. The van der Waals surface area contributed by atoms with Crippen molar-refractivity contribution in [3.05, 3.63) is 53.6 Å². The van der Waals surface area contributed by atoms with Gasteiger partial charge in [0.15, 0.2) is 11.5 Å². The minimum atomic E-state index is -0.0386. The summed E-state index contributed by atoms with van der Waals surface area (Å²) >= 11 is 0. The van der Waals surface area contributed by atoms with E-state index in [0.717, 1.165) is 18.8 Å². The lowest BCUT2D eigenvalue weighted by Crippen LogP contribution is -2.23. The first-order chi connectivity index (χ1) is 10.6. The van der Waals surface area contributed by atoms with Crippen LogP contribution in [0.2, 0.25) is 0 Å². The summed E-state index contributed by atoms with van der Waals surface area (Å²) in [6.07, 6.45) is 0. The van der Waals surface area contributed by atoms with Gasteiger partial charge < -0.3 is 15.4 Å². The van der Waals surface area contributed by atoms with E-state index < -0.39 is 0 Å². The SMILES string of the molecule is CCN(CC)c1cc(C(=O)c2ccccc2)cc(N)c1OC. The third-order valence-corrected chi connectivity index (χ3v) is 3.70. The molecule has 0 atom stereocenters. The van der Waals surface area contributed by atoms with Gasteiger partial charge in [0.2, 0.25) is 0 Å². The fourth-order valence-electron chi connectivity index (χ4n) is 2.54. The Balaban J connectivity index is 2.52. The molecule has 0 saturated heterocycles. The second kappa shape index (κ2) is 6.98. The van der Waals surface area contributed by atoms with Gasteiger partial charge in [0, 0.05) is 24.2 Å². The first-order valence-corrected chi connectivity index (χ1v) is 7.44. The van der Waals surface area contributed by atoms with Crippen molar-refractivity contribution < 1.29 is 9.53 Å². The number of nitrogens with two attached hydrogens (primary N) is 1. The van der Waals surface area contributed by atoms with E-state index in [0.29, 0.717) is 22.6 Å². The number of hydrogen-bond donors (Lipinski definition) is 1. The van der Waals surface area contributed by atoms with E-state index in [1.165, 1.54) is 0 Å². The fraction of sp³-hybridized carbons (Fsp3) is 0.278. The molecule has 2 rings (SSSR count). The van der Waals surface area contributed by atoms with E-state index in [4.69, 9.17) is 10.5 Å². The molecule has 2 aromatic carbocycles. The summed E-state index contributed by atoms with van der Waals surface area (Å²) in [4.78, 5) is 14.8. The maximum absolute atomic E-state index is 12.6. The summed E-state index contributed by atoms with van der Waals surface area (Å²) in [5, 5.41) is 0. The average molecular weight is 298 g/mol. The number of hydrogen-bond acceptors (Lipinski definition) is 4. The predicted octanol–water partition coefficient (Wildman–Crippen LogP) is 3.35. The number of nitrogens with zero attached hydrogens (tertiary/aromatic N) is 1. The molecule has 0 aliphatic carbocycles. The van der Waals surface area contributed by atoms with Crippen LogP contribution in [0.5, 0.6) is 5.75 Å². The van der Waals surface area contributed by atoms with Gasteiger partial charge >= 0.3 is 0 Å². The summed E-state index contributed by atoms with van der Waals surface area (Å²) in [6, 6.07) is 12.7. The maximum Gasteiger partial charge on any atom is 0.193 e. The normalized spacial score (nSPS) is 10.3. The monoisotopic (exact) mass is 298 g/mol. The van der Waals surface area contributed by atoms with Crippen LogP contribution in [0, 0.1) is 0 Å². The molecule has 4 nitrogen and oxygen atoms in total. The van der Waals surface area contributed by atoms with Gasteiger partial charge in [-0.05, 0) is 26.0 Å². The summed E-state index contributed by atoms with van der Waals surface area (Å²) in [5.74, 6) is 0.580. The van der Waals surface area contributed by atoms with Crippen LogP contribution in [-0.4, -0.2) is 26.0 Å². The molecule has 0 aliphatic rings. The number of ether oxygens (including phenoxy) is 1. The number of benzene rings is 2. The zero-order chi connectivity index (χ0) is 16.1. The fourth-order valence-corrected chi connectivity index (χ4v) is 2.54. The minimum Gasteiger partial charge on any atom is -0.492 e. The van der Waals surface area contributed by atoms with Crippen LogP contribution in [0.4, 0.5) is 11.4 Å². The lowest BCUT2D eigenvalue weighted by atomic mass is 10.0. The van der Waals surface area contributed by atoms with Gasteiger partial charge in [-0.2, -0.15) is 0 Å². The van der Waals surface area contributed by atoms with Crippen LogP contribution in [0.3, 0.4) is 0 Å². The van der Waals surface area contributed by atoms with Crippen molar-refractivity contribution in [1.82, 2.24) is 0 Å². The van der Waals surface area contributed by atoms with E-state index in [9.17, 15) is 4.79 Å². The van der Waals surface area contributed by atoms with Gasteiger partial charge in [0.05, 0.1) is 18.5 Å². The Hall–Kier alpha value is -2.49. The third-order valence-electron chi connectivity index (χ3n) is 3.70. The van der Waals surface area contributed by atoms with Gasteiger partial charge in [-0.15, -0.1) is 0 Å². The molecular formula is C18H22N2O2. The molecule has 22 heavy (non-hydrogen) atoms. The van der Waals surface area contributed by atoms with Crippen LogP contribution in [-0.2, 0) is 0 Å². The number of nitrogen functional groups attached to an aromatic ring is 1. The van der Waals surface area contributed by atoms with Crippen molar-refractivity contribution in [3.8, 4) is 5.75 Å². The van der Waals surface area contributed by atoms with E-state index >= 15 is 0 Å². The molecule has 0 fully saturated rings. The number of ketones is 1. The number of carbonyl (C=O) groups is 1. The molecule has 0 radical (unpaired) electrons. The van der Waals surface area contributed by atoms with Gasteiger partial charge in [0.1, 0.15) is 0 Å². The number of carbonyl (C=O) groups excluding carboxylic acids is 1. The van der Waals surface area contributed by atoms with Gasteiger partial charge in [-0.3, -0.25) is 4.79 Å². The molecule has 0 heterocycles. The Morgan fingerprint density at radius 2 is 1.73 bits per heavy atom. The largest absolute Gasteiger partial charge is 0.492 e. The van der Waals surface area contributed by atoms with Crippen molar-refractivity contribution in [3.63, 3.8) is 0 Å². The average Bonchev–Trinajstić information content (AvgIpc) is 2.56. The number of rotatable bonds is 6. The van der Waals surface area contributed by atoms with Crippen molar-refractivity contribution in [1.29, 1.82) is 0 Å². The van der Waals surface area contributed by atoms with Gasteiger partial charge in [-0.1, -0.05) is 30.3 Å². The molecule has 2 N–H and O–H groups in total. The topological polar surface area (TPSA) is 55.6 Å². The van der Waals surface area contributed by atoms with E-state index in [-0.39, 0.29) is 5.78 Å². The molecular weight excluding hydrogens is 276 g/mol. The van der Waals surface area contributed by atoms with Crippen molar-refractivity contribution in [2.75, 3.05) is 30.8 Å². The van der Waals surface area contributed by atoms with E-state index in [1.807, 2.05) is 24.3 Å². The van der Waals surface area contributed by atoms with Crippen LogP contribution in [0.15, 0.2) is 42.5 Å². The third kappa shape index (κ3) is 3.06. The van der Waals surface area contributed by atoms with Crippen molar-refractivity contribution >= 4 is 17.2 Å². The Kier molecular flexibility index (Phi) is 5.04. The predicted molar refractivity (Wildman–Crippen MR) is 90.8 cm³/mol. The smallest absolute Gasteiger partial charge is 0.193 e. The van der Waals surface area contributed by atoms with Crippen molar-refractivity contribution in [2.45, 2.75) is 13.8 Å². The van der Waals surface area contributed by atoms with Crippen LogP contribution < -0.4 is 15.4 Å². The highest BCUT2D eigenvalue weighted by Crippen LogP contribution is 2.36. The van der Waals surface area contributed by atoms with E-state index in [2.05, 4.69) is 18.7 Å². The highest BCUT2D eigenvalue weighted by Gasteiger charge is 2.18. The van der Waals surface area contributed by atoms with Crippen molar-refractivity contribution in [2.24, 2.45) is 0 Å². The van der Waals surface area contributed by atoms with Crippen LogP contribution >= 0.6 is 0 Å². The van der Waals surface area contributed by atoms with Crippen LogP contribution in [0.25, 0.3) is 0 Å². The second-order valence-electron chi connectivity index (χ2n) is 4.99. The first kappa shape index (κ1) is 15.9. The number of anilines is 2. The quantitative estimate of drug-likeness (QED) is 0.656. The molecule has 0 amide bonds. The lowest BCUT2D eigenvalue weighted by Gasteiger charge is -2.25. The Bertz CT molecular complexity index is 650. The highest BCUT2D eigenvalue weighted by atomic mass is 16.5. The zero-order valence-corrected chi connectivity index (χ0v) is 13.3.